The number of Topliss-reactive ketones (excluding diaryl/α,β-unsaturated/α-hetero) is 1. The van der Waals surface area contributed by atoms with Crippen LogP contribution in [0.5, 0.6) is 0 Å². The summed E-state index contributed by atoms with van der Waals surface area (Å²) in [7, 11) is 0. The molecule has 1 aromatic heterocycles. The van der Waals surface area contributed by atoms with Crippen LogP contribution in [0, 0.1) is 5.41 Å². The molecule has 2 N–H and O–H groups in total. The Hall–Kier alpha value is -1.16. The number of hydrogen-bond donors (Lipinski definition) is 1. The number of hydrogen-bond acceptors (Lipinski definition) is 3. The Morgan fingerprint density at radius 2 is 2.17 bits per heavy atom. The van der Waals surface area contributed by atoms with E-state index in [9.17, 15) is 4.79 Å². The van der Waals surface area contributed by atoms with Gasteiger partial charge in [-0.15, -0.1) is 0 Å². The lowest BCUT2D eigenvalue weighted by Crippen LogP contribution is -2.18. The molecule has 102 valence electrons. The number of nitrogens with two attached hydrogens (primary N) is 1. The first-order valence-corrected chi connectivity index (χ1v) is 6.74. The van der Waals surface area contributed by atoms with E-state index in [2.05, 4.69) is 25.9 Å². The first kappa shape index (κ1) is 14.9. The van der Waals surface area contributed by atoms with Crippen molar-refractivity contribution >= 4 is 5.78 Å². The first-order valence-electron chi connectivity index (χ1n) is 6.74. The summed E-state index contributed by atoms with van der Waals surface area (Å²) in [4.78, 5) is 12.0. The van der Waals surface area contributed by atoms with Crippen LogP contribution in [-0.2, 0) is 6.54 Å². The van der Waals surface area contributed by atoms with Gasteiger partial charge in [0.15, 0.2) is 5.78 Å². The third-order valence-electron chi connectivity index (χ3n) is 3.26. The predicted molar refractivity (Wildman–Crippen MR) is 73.5 cm³/mol. The fraction of sp³-hybridized carbons (Fsp3) is 0.714. The summed E-state index contributed by atoms with van der Waals surface area (Å²) in [5, 5.41) is 4.18. The van der Waals surface area contributed by atoms with Gasteiger partial charge in [-0.3, -0.25) is 9.48 Å². The highest BCUT2D eigenvalue weighted by Gasteiger charge is 2.19. The highest BCUT2D eigenvalue weighted by Crippen LogP contribution is 2.26. The Kier molecular flexibility index (Phi) is 5.54. The van der Waals surface area contributed by atoms with Gasteiger partial charge in [0.1, 0.15) is 0 Å². The number of aromatic nitrogens is 2. The van der Waals surface area contributed by atoms with Crippen molar-refractivity contribution in [1.29, 1.82) is 0 Å². The van der Waals surface area contributed by atoms with Gasteiger partial charge < -0.3 is 5.73 Å². The first-order chi connectivity index (χ1) is 8.48. The number of carbonyl (C=O) groups is 1. The fourth-order valence-electron chi connectivity index (χ4n) is 1.97. The van der Waals surface area contributed by atoms with E-state index in [-0.39, 0.29) is 11.2 Å². The van der Waals surface area contributed by atoms with Crippen LogP contribution in [0.15, 0.2) is 12.4 Å². The van der Waals surface area contributed by atoms with Gasteiger partial charge in [0, 0.05) is 19.2 Å². The van der Waals surface area contributed by atoms with Gasteiger partial charge in [-0.25, -0.2) is 0 Å². The fourth-order valence-corrected chi connectivity index (χ4v) is 1.97. The Morgan fingerprint density at radius 1 is 1.44 bits per heavy atom. The quantitative estimate of drug-likeness (QED) is 0.722. The number of ketones is 1. The second kappa shape index (κ2) is 6.69. The highest BCUT2D eigenvalue weighted by molar-refractivity contribution is 5.95. The van der Waals surface area contributed by atoms with Crippen LogP contribution in [0.4, 0.5) is 0 Å². The summed E-state index contributed by atoms with van der Waals surface area (Å²) in [6, 6.07) is 0. The maximum absolute atomic E-state index is 12.0. The number of nitrogens with zero attached hydrogens (tertiary/aromatic N) is 2. The minimum atomic E-state index is 0.143. The lowest BCUT2D eigenvalue weighted by molar-refractivity contribution is 0.0961. The Morgan fingerprint density at radius 3 is 2.78 bits per heavy atom. The average molecular weight is 251 g/mol. The van der Waals surface area contributed by atoms with Crippen molar-refractivity contribution in [3.8, 4) is 0 Å². The van der Waals surface area contributed by atoms with Crippen molar-refractivity contribution in [3.05, 3.63) is 18.0 Å². The van der Waals surface area contributed by atoms with E-state index in [1.54, 1.807) is 6.20 Å². The molecule has 0 aliphatic heterocycles. The molecule has 18 heavy (non-hydrogen) atoms. The Bertz CT molecular complexity index is 382. The minimum absolute atomic E-state index is 0.143. The van der Waals surface area contributed by atoms with Gasteiger partial charge in [0.05, 0.1) is 11.8 Å². The third kappa shape index (κ3) is 4.61. The van der Waals surface area contributed by atoms with Gasteiger partial charge in [0.2, 0.25) is 0 Å². The summed E-state index contributed by atoms with van der Waals surface area (Å²) >= 11 is 0. The van der Waals surface area contributed by atoms with Gasteiger partial charge in [-0.2, -0.15) is 5.10 Å². The molecule has 1 aromatic rings. The largest absolute Gasteiger partial charge is 0.330 e. The van der Waals surface area contributed by atoms with Crippen molar-refractivity contribution in [3.63, 3.8) is 0 Å². The Balaban J connectivity index is 2.49. The SMILES string of the molecule is CCCn1cc(C(=O)CCC(C)(C)CCN)cn1. The molecular weight excluding hydrogens is 226 g/mol. The van der Waals surface area contributed by atoms with Crippen molar-refractivity contribution < 1.29 is 4.79 Å². The molecule has 0 aliphatic carbocycles. The van der Waals surface area contributed by atoms with E-state index >= 15 is 0 Å². The van der Waals surface area contributed by atoms with Crippen molar-refractivity contribution in [2.45, 2.75) is 53.0 Å². The van der Waals surface area contributed by atoms with E-state index in [1.807, 2.05) is 10.9 Å². The van der Waals surface area contributed by atoms with Gasteiger partial charge in [-0.05, 0) is 31.2 Å². The molecule has 0 aliphatic rings. The van der Waals surface area contributed by atoms with Crippen LogP contribution in [0.25, 0.3) is 0 Å². The molecule has 0 spiro atoms. The highest BCUT2D eigenvalue weighted by atomic mass is 16.1. The van der Waals surface area contributed by atoms with E-state index in [4.69, 9.17) is 5.73 Å². The van der Waals surface area contributed by atoms with Crippen molar-refractivity contribution in [2.24, 2.45) is 11.1 Å². The van der Waals surface area contributed by atoms with Crippen LogP contribution < -0.4 is 5.73 Å². The standard InChI is InChI=1S/C14H25N3O/c1-4-9-17-11-12(10-16-17)13(18)5-6-14(2,3)7-8-15/h10-11H,4-9,15H2,1-3H3. The number of rotatable bonds is 8. The second-order valence-corrected chi connectivity index (χ2v) is 5.62. The Labute approximate surface area is 110 Å². The maximum Gasteiger partial charge on any atom is 0.166 e. The molecule has 0 saturated heterocycles. The number of carbonyl (C=O) groups excluding carboxylic acids is 1. The molecule has 4 heteroatoms. The van der Waals surface area contributed by atoms with E-state index in [1.165, 1.54) is 0 Å². The van der Waals surface area contributed by atoms with Crippen LogP contribution in [0.3, 0.4) is 0 Å². The van der Waals surface area contributed by atoms with Crippen molar-refractivity contribution in [2.75, 3.05) is 6.54 Å². The molecule has 0 radical (unpaired) electrons. The monoisotopic (exact) mass is 251 g/mol. The van der Waals surface area contributed by atoms with Crippen LogP contribution >= 0.6 is 0 Å². The van der Waals surface area contributed by atoms with Gasteiger partial charge in [0.25, 0.3) is 0 Å². The molecule has 0 bridgehead atoms. The molecule has 1 heterocycles. The molecular formula is C14H25N3O. The van der Waals surface area contributed by atoms with E-state index < -0.39 is 0 Å². The van der Waals surface area contributed by atoms with Crippen LogP contribution in [0.1, 0.15) is 56.8 Å². The summed E-state index contributed by atoms with van der Waals surface area (Å²) < 4.78 is 1.83. The van der Waals surface area contributed by atoms with Crippen LogP contribution in [-0.4, -0.2) is 22.1 Å². The summed E-state index contributed by atoms with van der Waals surface area (Å²) in [5.41, 5.74) is 6.44. The zero-order valence-electron chi connectivity index (χ0n) is 11.8. The number of aryl methyl sites for hydroxylation is 1. The lowest BCUT2D eigenvalue weighted by Gasteiger charge is -2.23. The van der Waals surface area contributed by atoms with Gasteiger partial charge in [-0.1, -0.05) is 20.8 Å². The third-order valence-corrected chi connectivity index (χ3v) is 3.26. The molecule has 0 unspecified atom stereocenters. The van der Waals surface area contributed by atoms with Crippen molar-refractivity contribution in [1.82, 2.24) is 9.78 Å². The second-order valence-electron chi connectivity index (χ2n) is 5.62. The summed E-state index contributed by atoms with van der Waals surface area (Å²) in [5.74, 6) is 0.183. The lowest BCUT2D eigenvalue weighted by atomic mass is 9.83. The molecule has 0 aromatic carbocycles. The predicted octanol–water partition coefficient (Wildman–Crippen LogP) is 2.63. The maximum atomic E-state index is 12.0. The normalized spacial score (nSPS) is 11.8. The van der Waals surface area contributed by atoms with E-state index in [0.29, 0.717) is 13.0 Å². The molecule has 1 rings (SSSR count). The molecule has 0 saturated carbocycles. The summed E-state index contributed by atoms with van der Waals surface area (Å²) in [6.07, 6.45) is 6.96. The molecule has 0 amide bonds. The molecule has 4 nitrogen and oxygen atoms in total. The molecule has 0 fully saturated rings. The topological polar surface area (TPSA) is 60.9 Å². The van der Waals surface area contributed by atoms with Gasteiger partial charge >= 0.3 is 0 Å². The zero-order chi connectivity index (χ0) is 13.6. The minimum Gasteiger partial charge on any atom is -0.330 e. The zero-order valence-corrected chi connectivity index (χ0v) is 11.8. The average Bonchev–Trinajstić information content (AvgIpc) is 2.75. The van der Waals surface area contributed by atoms with E-state index in [0.717, 1.165) is 31.4 Å². The smallest absolute Gasteiger partial charge is 0.166 e. The molecule has 0 atom stereocenters. The summed E-state index contributed by atoms with van der Waals surface area (Å²) in [6.45, 7) is 7.96. The van der Waals surface area contributed by atoms with Crippen LogP contribution in [0.2, 0.25) is 0 Å².